The Kier molecular flexibility index (Phi) is 10.8. The van der Waals surface area contributed by atoms with Gasteiger partial charge in [0.05, 0.1) is 30.0 Å². The quantitative estimate of drug-likeness (QED) is 0.266. The molecule has 1 aliphatic heterocycles. The third-order valence-corrected chi connectivity index (χ3v) is 4.77. The molecule has 1 aromatic heterocycles. The van der Waals surface area contributed by atoms with E-state index in [2.05, 4.69) is 39.8 Å². The Bertz CT molecular complexity index is 490. The number of halogens is 1. The van der Waals surface area contributed by atoms with E-state index in [1.807, 2.05) is 0 Å². The second-order valence-corrected chi connectivity index (χ2v) is 6.78. The van der Waals surface area contributed by atoms with Crippen molar-refractivity contribution in [1.29, 1.82) is 0 Å². The van der Waals surface area contributed by atoms with Crippen molar-refractivity contribution < 1.29 is 9.47 Å². The number of aliphatic imine (C=N–C) groups is 1. The normalized spacial score (nSPS) is 17.8. The molecule has 0 aliphatic carbocycles. The molecule has 1 aromatic rings. The van der Waals surface area contributed by atoms with E-state index < -0.39 is 0 Å². The molecule has 8 heteroatoms. The lowest BCUT2D eigenvalue weighted by atomic mass is 10.2. The number of rotatable bonds is 8. The van der Waals surface area contributed by atoms with Crippen LogP contribution in [0.4, 0.5) is 0 Å². The monoisotopic (exact) mass is 468 g/mol. The van der Waals surface area contributed by atoms with Crippen molar-refractivity contribution >= 4 is 41.3 Å². The number of aromatic nitrogens is 1. The molecule has 1 fully saturated rings. The lowest BCUT2D eigenvalue weighted by Gasteiger charge is -2.12. The highest BCUT2D eigenvalue weighted by atomic mass is 127. The highest BCUT2D eigenvalue weighted by molar-refractivity contribution is 14.0. The molecular weight excluding hydrogens is 439 g/mol. The Balaban J connectivity index is 0.00000288. The van der Waals surface area contributed by atoms with Crippen LogP contribution in [0.15, 0.2) is 10.4 Å². The van der Waals surface area contributed by atoms with Gasteiger partial charge in [0.2, 0.25) is 0 Å². The zero-order valence-corrected chi connectivity index (χ0v) is 17.9. The Morgan fingerprint density at radius 2 is 2.33 bits per heavy atom. The van der Waals surface area contributed by atoms with Gasteiger partial charge in [-0.15, -0.1) is 35.3 Å². The summed E-state index contributed by atoms with van der Waals surface area (Å²) in [5.74, 6) is 1.28. The van der Waals surface area contributed by atoms with Crippen molar-refractivity contribution in [3.05, 3.63) is 16.1 Å². The van der Waals surface area contributed by atoms with Crippen LogP contribution >= 0.6 is 35.3 Å². The van der Waals surface area contributed by atoms with Gasteiger partial charge in [0, 0.05) is 38.1 Å². The molecule has 1 atom stereocenters. The second-order valence-electron chi connectivity index (χ2n) is 5.89. The van der Waals surface area contributed by atoms with Crippen LogP contribution in [-0.2, 0) is 16.0 Å². The molecule has 0 saturated carbocycles. The van der Waals surface area contributed by atoms with Gasteiger partial charge in [-0.05, 0) is 12.8 Å². The molecule has 2 heterocycles. The van der Waals surface area contributed by atoms with Gasteiger partial charge in [0.1, 0.15) is 0 Å². The van der Waals surface area contributed by atoms with E-state index in [9.17, 15) is 0 Å². The average molecular weight is 468 g/mol. The van der Waals surface area contributed by atoms with E-state index in [1.165, 1.54) is 5.01 Å². The molecule has 0 amide bonds. The summed E-state index contributed by atoms with van der Waals surface area (Å²) in [6.45, 7) is 8.17. The molecule has 138 valence electrons. The van der Waals surface area contributed by atoms with Crippen molar-refractivity contribution in [2.75, 3.05) is 33.4 Å². The fourth-order valence-electron chi connectivity index (χ4n) is 2.24. The predicted molar refractivity (Wildman–Crippen MR) is 110 cm³/mol. The molecule has 0 aromatic carbocycles. The van der Waals surface area contributed by atoms with Crippen molar-refractivity contribution in [2.24, 2.45) is 4.99 Å². The first-order chi connectivity index (χ1) is 11.2. The summed E-state index contributed by atoms with van der Waals surface area (Å²) in [6, 6.07) is 0. The summed E-state index contributed by atoms with van der Waals surface area (Å²) in [4.78, 5) is 8.84. The minimum atomic E-state index is 0. The Hall–Kier alpha value is -0.450. The summed E-state index contributed by atoms with van der Waals surface area (Å²) in [5, 5.41) is 9.87. The zero-order chi connectivity index (χ0) is 16.5. The molecule has 1 saturated heterocycles. The minimum absolute atomic E-state index is 0. The van der Waals surface area contributed by atoms with E-state index in [4.69, 9.17) is 9.47 Å². The largest absolute Gasteiger partial charge is 0.379 e. The van der Waals surface area contributed by atoms with Crippen molar-refractivity contribution in [3.8, 4) is 0 Å². The fraction of sp³-hybridized carbons (Fsp3) is 0.750. The van der Waals surface area contributed by atoms with Gasteiger partial charge in [-0.1, -0.05) is 13.8 Å². The second kappa shape index (κ2) is 12.0. The molecule has 24 heavy (non-hydrogen) atoms. The SMILES string of the molecule is CN=C(NCCCOC1CCOC1)NCc1csc(C(C)C)n1.I. The van der Waals surface area contributed by atoms with E-state index in [0.29, 0.717) is 12.5 Å². The Labute approximate surface area is 165 Å². The highest BCUT2D eigenvalue weighted by Gasteiger charge is 2.15. The molecule has 1 aliphatic rings. The van der Waals surface area contributed by atoms with Crippen molar-refractivity contribution in [3.63, 3.8) is 0 Å². The van der Waals surface area contributed by atoms with Gasteiger partial charge in [-0.25, -0.2) is 4.98 Å². The van der Waals surface area contributed by atoms with E-state index >= 15 is 0 Å². The number of nitrogens with one attached hydrogen (secondary N) is 2. The predicted octanol–water partition coefficient (Wildman–Crippen LogP) is 2.75. The van der Waals surface area contributed by atoms with Crippen LogP contribution in [0.25, 0.3) is 0 Å². The number of nitrogens with zero attached hydrogens (tertiary/aromatic N) is 2. The van der Waals surface area contributed by atoms with Gasteiger partial charge in [0.25, 0.3) is 0 Å². The number of guanidine groups is 1. The molecule has 1 unspecified atom stereocenters. The van der Waals surface area contributed by atoms with Crippen LogP contribution in [0.5, 0.6) is 0 Å². The molecule has 2 rings (SSSR count). The molecule has 0 radical (unpaired) electrons. The lowest BCUT2D eigenvalue weighted by molar-refractivity contribution is 0.0420. The average Bonchev–Trinajstić information content (AvgIpc) is 3.21. The molecule has 2 N–H and O–H groups in total. The van der Waals surface area contributed by atoms with Crippen LogP contribution in [0.2, 0.25) is 0 Å². The minimum Gasteiger partial charge on any atom is -0.379 e. The number of ether oxygens (including phenoxy) is 2. The maximum atomic E-state index is 5.74. The summed E-state index contributed by atoms with van der Waals surface area (Å²) < 4.78 is 11.0. The summed E-state index contributed by atoms with van der Waals surface area (Å²) in [6.07, 6.45) is 2.25. The molecule has 0 bridgehead atoms. The summed E-state index contributed by atoms with van der Waals surface area (Å²) >= 11 is 1.72. The number of thiazole rings is 1. The smallest absolute Gasteiger partial charge is 0.191 e. The van der Waals surface area contributed by atoms with Gasteiger partial charge in [0.15, 0.2) is 5.96 Å². The first-order valence-electron chi connectivity index (χ1n) is 8.27. The zero-order valence-electron chi connectivity index (χ0n) is 14.7. The van der Waals surface area contributed by atoms with Crippen molar-refractivity contribution in [1.82, 2.24) is 15.6 Å². The number of hydrogen-bond acceptors (Lipinski definition) is 5. The highest BCUT2D eigenvalue weighted by Crippen LogP contribution is 2.18. The maximum Gasteiger partial charge on any atom is 0.191 e. The molecular formula is C16H29IN4O2S. The van der Waals surface area contributed by atoms with Gasteiger partial charge in [-0.2, -0.15) is 0 Å². The molecule has 6 nitrogen and oxygen atoms in total. The van der Waals surface area contributed by atoms with E-state index in [0.717, 1.165) is 50.9 Å². The first-order valence-corrected chi connectivity index (χ1v) is 9.15. The first kappa shape index (κ1) is 21.6. The van der Waals surface area contributed by atoms with Gasteiger partial charge >= 0.3 is 0 Å². The topological polar surface area (TPSA) is 67.8 Å². The molecule has 0 spiro atoms. The Morgan fingerprint density at radius 1 is 1.50 bits per heavy atom. The summed E-state index contributed by atoms with van der Waals surface area (Å²) in [7, 11) is 1.78. The lowest BCUT2D eigenvalue weighted by Crippen LogP contribution is -2.37. The van der Waals surface area contributed by atoms with Crippen molar-refractivity contribution in [2.45, 2.75) is 45.3 Å². The summed E-state index contributed by atoms with van der Waals surface area (Å²) in [5.41, 5.74) is 1.06. The van der Waals surface area contributed by atoms with Crippen LogP contribution in [-0.4, -0.2) is 50.5 Å². The van der Waals surface area contributed by atoms with Crippen LogP contribution in [0.3, 0.4) is 0 Å². The van der Waals surface area contributed by atoms with E-state index in [-0.39, 0.29) is 30.1 Å². The fourth-order valence-corrected chi connectivity index (χ4v) is 3.07. The Morgan fingerprint density at radius 3 is 2.96 bits per heavy atom. The standard InChI is InChI=1S/C16H28N4O2S.HI/c1-12(2)15-20-13(11-23-15)9-19-16(17-3)18-6-4-7-22-14-5-8-21-10-14;/h11-12,14H,4-10H2,1-3H3,(H2,17,18,19);1H. The van der Waals surface area contributed by atoms with Crippen LogP contribution in [0, 0.1) is 0 Å². The third kappa shape index (κ3) is 7.62. The maximum absolute atomic E-state index is 5.74. The van der Waals surface area contributed by atoms with Crippen LogP contribution in [0.1, 0.15) is 43.3 Å². The number of hydrogen-bond donors (Lipinski definition) is 2. The van der Waals surface area contributed by atoms with Gasteiger partial charge < -0.3 is 20.1 Å². The van der Waals surface area contributed by atoms with E-state index in [1.54, 1.807) is 18.4 Å². The van der Waals surface area contributed by atoms with Crippen LogP contribution < -0.4 is 10.6 Å². The third-order valence-electron chi connectivity index (χ3n) is 3.58. The van der Waals surface area contributed by atoms with Gasteiger partial charge in [-0.3, -0.25) is 4.99 Å².